The number of aromatic nitrogens is 4. The third-order valence-electron chi connectivity index (χ3n) is 4.98. The van der Waals surface area contributed by atoms with Crippen LogP contribution in [0.15, 0.2) is 47.0 Å². The molecule has 0 saturated carbocycles. The number of anilines is 1. The minimum Gasteiger partial charge on any atom is -0.308 e. The summed E-state index contributed by atoms with van der Waals surface area (Å²) in [5.41, 5.74) is 2.82. The lowest BCUT2D eigenvalue weighted by Crippen LogP contribution is -2.32. The van der Waals surface area contributed by atoms with E-state index in [2.05, 4.69) is 15.4 Å². The van der Waals surface area contributed by atoms with Gasteiger partial charge in [-0.15, -0.1) is 11.3 Å². The highest BCUT2D eigenvalue weighted by Crippen LogP contribution is 2.31. The number of rotatable bonds is 4. The highest BCUT2D eigenvalue weighted by Gasteiger charge is 2.22. The molecule has 9 heteroatoms. The number of nitrogens with one attached hydrogen (secondary N) is 1. The quantitative estimate of drug-likeness (QED) is 0.548. The third kappa shape index (κ3) is 3.27. The SMILES string of the molecule is Cc1ccc(-c2csc3ncn(C(C)C(=O)Nc4c(C#N)cnn4C)c(=O)c23)cc1. The van der Waals surface area contributed by atoms with Gasteiger partial charge in [0.1, 0.15) is 28.3 Å². The molecule has 150 valence electrons. The Morgan fingerprint density at radius 3 is 2.73 bits per heavy atom. The molecule has 4 aromatic rings. The van der Waals surface area contributed by atoms with E-state index in [4.69, 9.17) is 0 Å². The maximum Gasteiger partial charge on any atom is 0.263 e. The van der Waals surface area contributed by atoms with Gasteiger partial charge in [-0.25, -0.2) is 4.98 Å². The Morgan fingerprint density at radius 1 is 1.30 bits per heavy atom. The first kappa shape index (κ1) is 19.5. The zero-order valence-electron chi connectivity index (χ0n) is 16.6. The maximum absolute atomic E-state index is 13.3. The fraction of sp³-hybridized carbons (Fsp3) is 0.190. The Bertz CT molecular complexity index is 1360. The Hall–Kier alpha value is -3.77. The number of hydrogen-bond donors (Lipinski definition) is 1. The second kappa shape index (κ2) is 7.57. The van der Waals surface area contributed by atoms with Gasteiger partial charge >= 0.3 is 0 Å². The van der Waals surface area contributed by atoms with Gasteiger partial charge in [0.2, 0.25) is 5.91 Å². The first-order chi connectivity index (χ1) is 14.4. The number of hydrogen-bond acceptors (Lipinski definition) is 6. The van der Waals surface area contributed by atoms with Gasteiger partial charge in [-0.05, 0) is 19.4 Å². The summed E-state index contributed by atoms with van der Waals surface area (Å²) in [5.74, 6) is -0.155. The van der Waals surface area contributed by atoms with Crippen molar-refractivity contribution in [2.24, 2.45) is 7.05 Å². The Balaban J connectivity index is 1.73. The standard InChI is InChI=1S/C21H18N6O2S/c1-12-4-6-14(7-5-12)16-10-30-20-17(16)21(29)27(11-23-20)13(2)19(28)25-18-15(8-22)9-24-26(18)3/h4-7,9-11,13H,1-3H3,(H,25,28). The van der Waals surface area contributed by atoms with E-state index in [9.17, 15) is 14.9 Å². The van der Waals surface area contributed by atoms with Crippen molar-refractivity contribution in [3.63, 3.8) is 0 Å². The van der Waals surface area contributed by atoms with Gasteiger partial charge < -0.3 is 5.32 Å². The van der Waals surface area contributed by atoms with Crippen LogP contribution in [0.4, 0.5) is 5.82 Å². The molecule has 1 aromatic carbocycles. The summed E-state index contributed by atoms with van der Waals surface area (Å²) < 4.78 is 2.71. The number of fused-ring (bicyclic) bond motifs is 1. The monoisotopic (exact) mass is 418 g/mol. The van der Waals surface area contributed by atoms with Gasteiger partial charge in [0.05, 0.1) is 17.9 Å². The Kier molecular flexibility index (Phi) is 4.93. The molecule has 1 N–H and O–H groups in total. The number of amides is 1. The molecular formula is C21H18N6O2S. The number of nitrogens with zero attached hydrogens (tertiary/aromatic N) is 5. The number of benzene rings is 1. The van der Waals surface area contributed by atoms with Crippen LogP contribution in [-0.2, 0) is 11.8 Å². The van der Waals surface area contributed by atoms with E-state index < -0.39 is 11.9 Å². The highest BCUT2D eigenvalue weighted by molar-refractivity contribution is 7.17. The minimum absolute atomic E-state index is 0.249. The molecule has 0 aliphatic rings. The van der Waals surface area contributed by atoms with Crippen LogP contribution in [0.3, 0.4) is 0 Å². The van der Waals surface area contributed by atoms with E-state index in [1.807, 2.05) is 42.6 Å². The molecule has 0 radical (unpaired) electrons. The smallest absolute Gasteiger partial charge is 0.263 e. The number of carbonyl (C=O) groups is 1. The summed E-state index contributed by atoms with van der Waals surface area (Å²) in [6.07, 6.45) is 2.76. The van der Waals surface area contributed by atoms with Gasteiger partial charge in [-0.1, -0.05) is 29.8 Å². The molecule has 1 amide bonds. The zero-order valence-corrected chi connectivity index (χ0v) is 17.4. The lowest BCUT2D eigenvalue weighted by atomic mass is 10.0. The molecule has 4 rings (SSSR count). The molecule has 3 aromatic heterocycles. The van der Waals surface area contributed by atoms with Crippen LogP contribution in [0.5, 0.6) is 0 Å². The molecule has 0 spiro atoms. The molecule has 0 saturated heterocycles. The minimum atomic E-state index is -0.832. The second-order valence-electron chi connectivity index (χ2n) is 6.96. The molecule has 8 nitrogen and oxygen atoms in total. The van der Waals surface area contributed by atoms with Crippen molar-refractivity contribution in [1.29, 1.82) is 5.26 Å². The van der Waals surface area contributed by atoms with E-state index in [1.165, 1.54) is 33.1 Å². The van der Waals surface area contributed by atoms with Crippen molar-refractivity contribution in [1.82, 2.24) is 19.3 Å². The van der Waals surface area contributed by atoms with E-state index >= 15 is 0 Å². The van der Waals surface area contributed by atoms with Crippen LogP contribution in [0.1, 0.15) is 24.1 Å². The van der Waals surface area contributed by atoms with E-state index in [0.29, 0.717) is 10.2 Å². The van der Waals surface area contributed by atoms with Crippen molar-refractivity contribution >= 4 is 33.3 Å². The van der Waals surface area contributed by atoms with Crippen molar-refractivity contribution in [3.8, 4) is 17.2 Å². The Labute approximate surface area is 176 Å². The zero-order chi connectivity index (χ0) is 21.4. The van der Waals surface area contributed by atoms with E-state index in [-0.39, 0.29) is 16.9 Å². The molecule has 30 heavy (non-hydrogen) atoms. The summed E-state index contributed by atoms with van der Waals surface area (Å²) >= 11 is 1.39. The average molecular weight is 418 g/mol. The maximum atomic E-state index is 13.3. The van der Waals surface area contributed by atoms with Crippen molar-refractivity contribution in [2.45, 2.75) is 19.9 Å². The van der Waals surface area contributed by atoms with Crippen LogP contribution >= 0.6 is 11.3 Å². The molecule has 0 bridgehead atoms. The van der Waals surface area contributed by atoms with Gasteiger partial charge in [-0.2, -0.15) is 10.4 Å². The van der Waals surface area contributed by atoms with Gasteiger partial charge in [0.25, 0.3) is 5.56 Å². The number of nitriles is 1. The summed E-state index contributed by atoms with van der Waals surface area (Å²) in [5, 5.41) is 18.2. The van der Waals surface area contributed by atoms with E-state index in [1.54, 1.807) is 14.0 Å². The molecule has 0 fully saturated rings. The van der Waals surface area contributed by atoms with E-state index in [0.717, 1.165) is 16.7 Å². The van der Waals surface area contributed by atoms with Crippen LogP contribution in [0.25, 0.3) is 21.3 Å². The number of aryl methyl sites for hydroxylation is 2. The first-order valence-corrected chi connectivity index (χ1v) is 10.1. The van der Waals surface area contributed by atoms with Gasteiger partial charge in [0.15, 0.2) is 0 Å². The number of carbonyl (C=O) groups excluding carboxylic acids is 1. The lowest BCUT2D eigenvalue weighted by molar-refractivity contribution is -0.118. The normalized spacial score (nSPS) is 11.9. The second-order valence-corrected chi connectivity index (χ2v) is 7.82. The van der Waals surface area contributed by atoms with Crippen molar-refractivity contribution in [3.05, 3.63) is 63.7 Å². The molecule has 0 aliphatic carbocycles. The predicted octanol–water partition coefficient (Wildman–Crippen LogP) is 3.24. The summed E-state index contributed by atoms with van der Waals surface area (Å²) in [6.45, 7) is 3.62. The lowest BCUT2D eigenvalue weighted by Gasteiger charge is -2.15. The van der Waals surface area contributed by atoms with Crippen molar-refractivity contribution in [2.75, 3.05) is 5.32 Å². The Morgan fingerprint density at radius 2 is 2.03 bits per heavy atom. The predicted molar refractivity (Wildman–Crippen MR) is 115 cm³/mol. The fourth-order valence-corrected chi connectivity index (χ4v) is 4.09. The summed E-state index contributed by atoms with van der Waals surface area (Å²) in [7, 11) is 1.63. The van der Waals surface area contributed by atoms with Gasteiger partial charge in [-0.3, -0.25) is 18.8 Å². The fourth-order valence-electron chi connectivity index (χ4n) is 3.18. The number of thiophene rings is 1. The first-order valence-electron chi connectivity index (χ1n) is 9.19. The molecule has 1 atom stereocenters. The van der Waals surface area contributed by atoms with Crippen LogP contribution in [-0.4, -0.2) is 25.2 Å². The summed E-state index contributed by atoms with van der Waals surface area (Å²) in [4.78, 5) is 31.1. The highest BCUT2D eigenvalue weighted by atomic mass is 32.1. The average Bonchev–Trinajstić information content (AvgIpc) is 3.33. The molecule has 1 unspecified atom stereocenters. The van der Waals surface area contributed by atoms with Crippen molar-refractivity contribution < 1.29 is 4.79 Å². The topological polar surface area (TPSA) is 106 Å². The van der Waals surface area contributed by atoms with Crippen LogP contribution in [0.2, 0.25) is 0 Å². The molecular weight excluding hydrogens is 400 g/mol. The molecule has 3 heterocycles. The largest absolute Gasteiger partial charge is 0.308 e. The molecule has 0 aliphatic heterocycles. The summed E-state index contributed by atoms with van der Waals surface area (Å²) in [6, 6.07) is 9.07. The third-order valence-corrected chi connectivity index (χ3v) is 5.87. The van der Waals surface area contributed by atoms with Gasteiger partial charge in [0, 0.05) is 18.0 Å². The van der Waals surface area contributed by atoms with Crippen LogP contribution < -0.4 is 10.9 Å². The van der Waals surface area contributed by atoms with Crippen LogP contribution in [0, 0.1) is 18.3 Å².